The molecule has 0 bridgehead atoms. The molecule has 2 rings (SSSR count). The second-order valence-corrected chi connectivity index (χ2v) is 10.5. The SMILES string of the molecule is CCOC(=O)CC(N[S@+]([O-])C(C)(C)C)c1c(C)c(-c2ccccc2C)cc(C)c1F. The smallest absolute Gasteiger partial charge is 0.307 e. The third-order valence-corrected chi connectivity index (χ3v) is 6.63. The van der Waals surface area contributed by atoms with Crippen LogP contribution in [0, 0.1) is 26.6 Å². The first-order valence-electron chi connectivity index (χ1n) is 10.2. The Labute approximate surface area is 182 Å². The lowest BCUT2D eigenvalue weighted by molar-refractivity contribution is -0.143. The second kappa shape index (κ2) is 9.94. The summed E-state index contributed by atoms with van der Waals surface area (Å²) >= 11 is -1.49. The van der Waals surface area contributed by atoms with Gasteiger partial charge in [-0.1, -0.05) is 24.3 Å². The Hall–Kier alpha value is -1.89. The molecule has 0 amide bonds. The van der Waals surface area contributed by atoms with Gasteiger partial charge in [0.25, 0.3) is 0 Å². The van der Waals surface area contributed by atoms with Gasteiger partial charge in [0.1, 0.15) is 10.6 Å². The van der Waals surface area contributed by atoms with E-state index < -0.39 is 33.9 Å². The normalized spacial score (nSPS) is 13.8. The van der Waals surface area contributed by atoms with Crippen molar-refractivity contribution in [1.29, 1.82) is 0 Å². The van der Waals surface area contributed by atoms with Gasteiger partial charge >= 0.3 is 5.97 Å². The van der Waals surface area contributed by atoms with Crippen LogP contribution in [0.3, 0.4) is 0 Å². The average molecular weight is 434 g/mol. The topological polar surface area (TPSA) is 61.4 Å². The first-order valence-corrected chi connectivity index (χ1v) is 11.3. The fourth-order valence-electron chi connectivity index (χ4n) is 3.37. The summed E-state index contributed by atoms with van der Waals surface area (Å²) in [6.07, 6.45) is -0.107. The highest BCUT2D eigenvalue weighted by atomic mass is 32.2. The van der Waals surface area contributed by atoms with Crippen LogP contribution in [0.5, 0.6) is 0 Å². The molecule has 2 atom stereocenters. The van der Waals surface area contributed by atoms with Gasteiger partial charge in [0.2, 0.25) is 0 Å². The third-order valence-electron chi connectivity index (χ3n) is 5.02. The summed E-state index contributed by atoms with van der Waals surface area (Å²) in [4.78, 5) is 12.3. The van der Waals surface area contributed by atoms with Gasteiger partial charge in [-0.05, 0) is 82.3 Å². The van der Waals surface area contributed by atoms with Crippen molar-refractivity contribution in [2.75, 3.05) is 6.61 Å². The molecule has 0 spiro atoms. The lowest BCUT2D eigenvalue weighted by atomic mass is 9.88. The third kappa shape index (κ3) is 5.62. The van der Waals surface area contributed by atoms with Crippen LogP contribution in [0.15, 0.2) is 30.3 Å². The van der Waals surface area contributed by atoms with Gasteiger partial charge in [-0.2, -0.15) is 0 Å². The zero-order valence-electron chi connectivity index (χ0n) is 18.9. The molecule has 2 aromatic rings. The first-order chi connectivity index (χ1) is 14.0. The van der Waals surface area contributed by atoms with E-state index in [1.165, 1.54) is 0 Å². The number of hydrogen-bond acceptors (Lipinski definition) is 4. The van der Waals surface area contributed by atoms with Crippen molar-refractivity contribution in [3.8, 4) is 11.1 Å². The molecule has 30 heavy (non-hydrogen) atoms. The van der Waals surface area contributed by atoms with Crippen LogP contribution in [0.1, 0.15) is 62.4 Å². The molecule has 0 saturated carbocycles. The van der Waals surface area contributed by atoms with E-state index >= 15 is 4.39 Å². The molecule has 0 aliphatic carbocycles. The van der Waals surface area contributed by atoms with Crippen molar-refractivity contribution in [1.82, 2.24) is 4.72 Å². The number of halogens is 1. The summed E-state index contributed by atoms with van der Waals surface area (Å²) in [6.45, 7) is 13.0. The van der Waals surface area contributed by atoms with Crippen molar-refractivity contribution in [2.24, 2.45) is 0 Å². The minimum absolute atomic E-state index is 0.107. The molecule has 0 aliphatic rings. The van der Waals surface area contributed by atoms with Crippen molar-refractivity contribution in [2.45, 2.75) is 65.7 Å². The van der Waals surface area contributed by atoms with Gasteiger partial charge < -0.3 is 9.29 Å². The fraction of sp³-hybridized carbons (Fsp3) is 0.458. The largest absolute Gasteiger partial charge is 0.598 e. The number of carbonyl (C=O) groups excluding carboxylic acids is 1. The van der Waals surface area contributed by atoms with E-state index in [2.05, 4.69) is 4.72 Å². The Kier molecular flexibility index (Phi) is 8.08. The highest BCUT2D eigenvalue weighted by Crippen LogP contribution is 2.36. The number of aryl methyl sites for hydroxylation is 2. The number of esters is 1. The number of carbonyl (C=O) groups is 1. The maximum Gasteiger partial charge on any atom is 0.307 e. The molecule has 6 heteroatoms. The summed E-state index contributed by atoms with van der Waals surface area (Å²) in [6, 6.07) is 8.98. The summed E-state index contributed by atoms with van der Waals surface area (Å²) in [7, 11) is 0. The molecule has 4 nitrogen and oxygen atoms in total. The van der Waals surface area contributed by atoms with Crippen molar-refractivity contribution < 1.29 is 18.5 Å². The minimum Gasteiger partial charge on any atom is -0.598 e. The number of nitrogens with one attached hydrogen (secondary N) is 1. The van der Waals surface area contributed by atoms with E-state index in [-0.39, 0.29) is 13.0 Å². The van der Waals surface area contributed by atoms with Crippen molar-refractivity contribution in [3.05, 3.63) is 58.4 Å². The molecule has 0 aromatic heterocycles. The Balaban J connectivity index is 2.64. The van der Waals surface area contributed by atoms with Crippen LogP contribution in [-0.2, 0) is 20.9 Å². The van der Waals surface area contributed by atoms with Crippen molar-refractivity contribution in [3.63, 3.8) is 0 Å². The Morgan fingerprint density at radius 1 is 1.17 bits per heavy atom. The zero-order chi connectivity index (χ0) is 22.6. The van der Waals surface area contributed by atoms with Gasteiger partial charge in [0, 0.05) is 16.9 Å². The maximum atomic E-state index is 15.4. The second-order valence-electron chi connectivity index (χ2n) is 8.47. The highest BCUT2D eigenvalue weighted by molar-refractivity contribution is 7.90. The summed E-state index contributed by atoms with van der Waals surface area (Å²) in [5.74, 6) is -0.851. The molecule has 0 fully saturated rings. The monoisotopic (exact) mass is 433 g/mol. The van der Waals surface area contributed by atoms with Gasteiger partial charge in [-0.3, -0.25) is 4.79 Å². The lowest BCUT2D eigenvalue weighted by Crippen LogP contribution is -2.42. The van der Waals surface area contributed by atoms with Crippen LogP contribution in [0.25, 0.3) is 11.1 Å². The van der Waals surface area contributed by atoms with Crippen molar-refractivity contribution >= 4 is 17.3 Å². The number of benzene rings is 2. The van der Waals surface area contributed by atoms with Crippen LogP contribution in [0.4, 0.5) is 4.39 Å². The van der Waals surface area contributed by atoms with E-state index in [1.807, 2.05) is 65.0 Å². The molecular formula is C24H32FNO3S. The molecule has 1 N–H and O–H groups in total. The molecule has 0 radical (unpaired) electrons. The zero-order valence-corrected chi connectivity index (χ0v) is 19.7. The van der Waals surface area contributed by atoms with Crippen LogP contribution < -0.4 is 4.72 Å². The molecule has 0 aliphatic heterocycles. The highest BCUT2D eigenvalue weighted by Gasteiger charge is 2.34. The molecule has 2 aromatic carbocycles. The lowest BCUT2D eigenvalue weighted by Gasteiger charge is -2.29. The van der Waals surface area contributed by atoms with Gasteiger partial charge in [-0.15, -0.1) is 4.72 Å². The van der Waals surface area contributed by atoms with Gasteiger partial charge in [0.05, 0.1) is 19.1 Å². The predicted molar refractivity (Wildman–Crippen MR) is 121 cm³/mol. The Bertz CT molecular complexity index is 908. The summed E-state index contributed by atoms with van der Waals surface area (Å²) in [5.41, 5.74) is 4.54. The molecule has 1 unspecified atom stereocenters. The molecule has 164 valence electrons. The minimum atomic E-state index is -1.49. The van der Waals surface area contributed by atoms with E-state index in [4.69, 9.17) is 4.74 Å². The van der Waals surface area contributed by atoms with Crippen LogP contribution in [0.2, 0.25) is 0 Å². The maximum absolute atomic E-state index is 15.4. The number of ether oxygens (including phenoxy) is 1. The number of hydrogen-bond donors (Lipinski definition) is 1. The summed E-state index contributed by atoms with van der Waals surface area (Å²) in [5, 5.41) is 0. The Morgan fingerprint density at radius 2 is 1.80 bits per heavy atom. The van der Waals surface area contributed by atoms with Crippen LogP contribution in [-0.4, -0.2) is 21.9 Å². The number of rotatable bonds is 7. The standard InChI is InChI=1S/C24H32FNO3S/c1-8-29-21(27)14-20(26-30(28)24(5,6)7)22-17(4)19(13-16(3)23(22)25)18-12-10-9-11-15(18)2/h9-13,20,26H,8,14H2,1-7H3/t20?,30-/m1/s1. The van der Waals surface area contributed by atoms with E-state index in [0.717, 1.165) is 22.3 Å². The van der Waals surface area contributed by atoms with E-state index in [0.29, 0.717) is 11.1 Å². The summed E-state index contributed by atoms with van der Waals surface area (Å²) < 4.78 is 35.8. The fourth-order valence-corrected chi connectivity index (χ4v) is 4.19. The molecular weight excluding hydrogens is 401 g/mol. The quantitative estimate of drug-likeness (QED) is 0.465. The van der Waals surface area contributed by atoms with Crippen LogP contribution >= 0.6 is 0 Å². The van der Waals surface area contributed by atoms with Gasteiger partial charge in [0.15, 0.2) is 0 Å². The molecule has 0 saturated heterocycles. The van der Waals surface area contributed by atoms with E-state index in [1.54, 1.807) is 13.8 Å². The molecule has 0 heterocycles. The average Bonchev–Trinajstić information content (AvgIpc) is 2.65. The Morgan fingerprint density at radius 3 is 2.37 bits per heavy atom. The van der Waals surface area contributed by atoms with Gasteiger partial charge in [-0.25, -0.2) is 4.39 Å². The van der Waals surface area contributed by atoms with E-state index in [9.17, 15) is 9.35 Å². The predicted octanol–water partition coefficient (Wildman–Crippen LogP) is 5.46. The first kappa shape index (κ1) is 24.4.